The average Bonchev–Trinajstić information content (AvgIpc) is 3.00. The fraction of sp³-hybridized carbons (Fsp3) is 0.261. The Balaban J connectivity index is 2.18. The number of carbonyl (C=O) groups is 1. The number of para-hydroxylation sites is 1. The van der Waals surface area contributed by atoms with Crippen LogP contribution in [-0.2, 0) is 9.36 Å². The molecule has 1 unspecified atom stereocenters. The fourth-order valence-electron chi connectivity index (χ4n) is 3.57. The highest BCUT2D eigenvalue weighted by Crippen LogP contribution is 2.41. The molecule has 31 heavy (non-hydrogen) atoms. The van der Waals surface area contributed by atoms with Crippen molar-refractivity contribution in [1.29, 1.82) is 0 Å². The van der Waals surface area contributed by atoms with Gasteiger partial charge in [-0.2, -0.15) is 0 Å². The number of aliphatic hydroxyl groups excluding tert-OH is 1. The van der Waals surface area contributed by atoms with Crippen molar-refractivity contribution in [3.05, 3.63) is 65.6 Å². The van der Waals surface area contributed by atoms with Crippen molar-refractivity contribution >= 4 is 24.2 Å². The molecule has 1 heterocycles. The van der Waals surface area contributed by atoms with Gasteiger partial charge in [-0.25, -0.2) is 4.39 Å². The zero-order valence-electron chi connectivity index (χ0n) is 17.1. The van der Waals surface area contributed by atoms with E-state index in [1.165, 1.54) is 12.1 Å². The molecule has 2 atom stereocenters. The molecule has 3 N–H and O–H groups in total. The van der Waals surface area contributed by atoms with Crippen molar-refractivity contribution < 1.29 is 28.9 Å². The maximum Gasteiger partial charge on any atom is 0.305 e. The van der Waals surface area contributed by atoms with Gasteiger partial charge in [0.15, 0.2) is 0 Å². The SMILES string of the molecule is CC(C)c1c(C#CP(=O)(O)C[C@@H](O)CC(=O)O)n(-c2ccc(F)cc2)c2ccccc12. The van der Waals surface area contributed by atoms with Gasteiger partial charge in [0.1, 0.15) is 11.5 Å². The smallest absolute Gasteiger partial charge is 0.305 e. The molecule has 0 saturated carbocycles. The van der Waals surface area contributed by atoms with E-state index in [1.54, 1.807) is 12.1 Å². The van der Waals surface area contributed by atoms with Gasteiger partial charge in [-0.1, -0.05) is 32.0 Å². The summed E-state index contributed by atoms with van der Waals surface area (Å²) in [5.41, 5.74) is 5.20. The predicted molar refractivity (Wildman–Crippen MR) is 117 cm³/mol. The second-order valence-electron chi connectivity index (χ2n) is 7.62. The van der Waals surface area contributed by atoms with Crippen LogP contribution in [0.1, 0.15) is 37.4 Å². The van der Waals surface area contributed by atoms with Crippen molar-refractivity contribution in [2.75, 3.05) is 6.16 Å². The van der Waals surface area contributed by atoms with Crippen molar-refractivity contribution in [3.8, 4) is 17.3 Å². The summed E-state index contributed by atoms with van der Waals surface area (Å²) in [6.07, 6.45) is -2.76. The van der Waals surface area contributed by atoms with Crippen LogP contribution in [0.4, 0.5) is 4.39 Å². The molecule has 3 aromatic rings. The van der Waals surface area contributed by atoms with Crippen LogP contribution in [0.15, 0.2) is 48.5 Å². The summed E-state index contributed by atoms with van der Waals surface area (Å²) < 4.78 is 27.8. The van der Waals surface area contributed by atoms with E-state index in [1.807, 2.05) is 42.7 Å². The Morgan fingerprint density at radius 3 is 2.42 bits per heavy atom. The molecule has 0 spiro atoms. The zero-order chi connectivity index (χ0) is 22.8. The molecule has 162 valence electrons. The number of rotatable bonds is 6. The van der Waals surface area contributed by atoms with E-state index >= 15 is 0 Å². The van der Waals surface area contributed by atoms with E-state index in [0.29, 0.717) is 11.4 Å². The topological polar surface area (TPSA) is 99.8 Å². The second kappa shape index (κ2) is 9.07. The molecule has 0 aliphatic heterocycles. The minimum Gasteiger partial charge on any atom is -0.481 e. The normalized spacial score (nSPS) is 14.1. The van der Waals surface area contributed by atoms with E-state index in [9.17, 15) is 23.7 Å². The quantitative estimate of drug-likeness (QED) is 0.390. The van der Waals surface area contributed by atoms with E-state index < -0.39 is 32.0 Å². The molecule has 0 fully saturated rings. The summed E-state index contributed by atoms with van der Waals surface area (Å²) in [6.45, 7) is 3.97. The van der Waals surface area contributed by atoms with Gasteiger partial charge >= 0.3 is 5.97 Å². The summed E-state index contributed by atoms with van der Waals surface area (Å²) in [7, 11) is -4.13. The van der Waals surface area contributed by atoms with Gasteiger partial charge < -0.3 is 19.7 Å². The van der Waals surface area contributed by atoms with Gasteiger partial charge in [0.05, 0.1) is 24.2 Å². The third-order valence-electron chi connectivity index (χ3n) is 4.79. The van der Waals surface area contributed by atoms with Crippen molar-refractivity contribution in [1.82, 2.24) is 4.57 Å². The number of aliphatic hydroxyl groups is 1. The van der Waals surface area contributed by atoms with Crippen molar-refractivity contribution in [2.24, 2.45) is 0 Å². The number of benzene rings is 2. The molecular formula is C23H23FNO5P. The van der Waals surface area contributed by atoms with Gasteiger partial charge in [0, 0.05) is 11.1 Å². The zero-order valence-corrected chi connectivity index (χ0v) is 18.0. The fourth-order valence-corrected chi connectivity index (χ4v) is 4.64. The van der Waals surface area contributed by atoms with Crippen LogP contribution in [0, 0.1) is 17.4 Å². The van der Waals surface area contributed by atoms with Crippen LogP contribution in [0.2, 0.25) is 0 Å². The standard InChI is InChI=1S/C23H23FNO5P/c1-15(2)23-19-5-3-4-6-20(19)25(17-9-7-16(24)8-10-17)21(23)11-12-31(29,30)14-18(26)13-22(27)28/h3-10,15,18,26H,13-14H2,1-2H3,(H,27,28)(H,29,30)/t18-/m0/s1. The van der Waals surface area contributed by atoms with Gasteiger partial charge in [-0.05, 0) is 53.4 Å². The minimum atomic E-state index is -4.13. The predicted octanol–water partition coefficient (Wildman–Crippen LogP) is 4.31. The molecule has 3 rings (SSSR count). The lowest BCUT2D eigenvalue weighted by atomic mass is 9.99. The third-order valence-corrected chi connectivity index (χ3v) is 6.17. The number of aromatic nitrogens is 1. The van der Waals surface area contributed by atoms with E-state index in [-0.39, 0.29) is 11.7 Å². The lowest BCUT2D eigenvalue weighted by Crippen LogP contribution is -2.17. The molecule has 0 aliphatic rings. The first-order valence-corrected chi connectivity index (χ1v) is 11.6. The molecule has 0 amide bonds. The first kappa shape index (κ1) is 22.8. The van der Waals surface area contributed by atoms with E-state index in [4.69, 9.17) is 5.11 Å². The summed E-state index contributed by atoms with van der Waals surface area (Å²) in [5, 5.41) is 19.4. The Morgan fingerprint density at radius 2 is 1.81 bits per heavy atom. The molecule has 1 aromatic heterocycles. The van der Waals surface area contributed by atoms with Crippen LogP contribution in [-0.4, -0.2) is 37.9 Å². The first-order valence-electron chi connectivity index (χ1n) is 9.73. The Hall–Kier alpha value is -2.91. The highest BCUT2D eigenvalue weighted by atomic mass is 31.2. The summed E-state index contributed by atoms with van der Waals surface area (Å²) >= 11 is 0. The Labute approximate surface area is 179 Å². The maximum absolute atomic E-state index is 13.5. The molecule has 6 nitrogen and oxygen atoms in total. The van der Waals surface area contributed by atoms with Gasteiger partial charge in [0.25, 0.3) is 7.37 Å². The summed E-state index contributed by atoms with van der Waals surface area (Å²) in [5.74, 6) is 1.20. The van der Waals surface area contributed by atoms with Crippen LogP contribution < -0.4 is 0 Å². The number of carboxylic acids is 1. The monoisotopic (exact) mass is 443 g/mol. The minimum absolute atomic E-state index is 0.0339. The number of nitrogens with zero attached hydrogens (tertiary/aromatic N) is 1. The lowest BCUT2D eigenvalue weighted by Gasteiger charge is -2.11. The Bertz CT molecular complexity index is 1220. The Morgan fingerprint density at radius 1 is 1.16 bits per heavy atom. The number of fused-ring (bicyclic) bond motifs is 1. The van der Waals surface area contributed by atoms with Crippen LogP contribution in [0.25, 0.3) is 16.6 Å². The van der Waals surface area contributed by atoms with Crippen molar-refractivity contribution in [3.63, 3.8) is 0 Å². The third kappa shape index (κ3) is 5.23. The molecule has 2 aromatic carbocycles. The highest BCUT2D eigenvalue weighted by Gasteiger charge is 2.24. The van der Waals surface area contributed by atoms with Crippen LogP contribution >= 0.6 is 7.37 Å². The van der Waals surface area contributed by atoms with Gasteiger partial charge in [-0.3, -0.25) is 9.36 Å². The van der Waals surface area contributed by atoms with Gasteiger partial charge in [-0.15, -0.1) is 0 Å². The molecule has 0 radical (unpaired) electrons. The maximum atomic E-state index is 13.5. The molecule has 0 aliphatic carbocycles. The van der Waals surface area contributed by atoms with E-state index in [2.05, 4.69) is 11.6 Å². The Kier molecular flexibility index (Phi) is 6.66. The highest BCUT2D eigenvalue weighted by molar-refractivity contribution is 7.63. The number of hydrogen-bond acceptors (Lipinski definition) is 3. The van der Waals surface area contributed by atoms with Crippen LogP contribution in [0.3, 0.4) is 0 Å². The van der Waals surface area contributed by atoms with Gasteiger partial charge in [0.2, 0.25) is 0 Å². The second-order valence-corrected chi connectivity index (χ2v) is 9.61. The number of hydrogen-bond donors (Lipinski definition) is 3. The largest absolute Gasteiger partial charge is 0.481 e. The average molecular weight is 443 g/mol. The summed E-state index contributed by atoms with van der Waals surface area (Å²) in [4.78, 5) is 21.0. The lowest BCUT2D eigenvalue weighted by molar-refractivity contribution is -0.138. The molecule has 0 bridgehead atoms. The molecular weight excluding hydrogens is 420 g/mol. The van der Waals surface area contributed by atoms with Crippen LogP contribution in [0.5, 0.6) is 0 Å². The molecule has 8 heteroatoms. The molecule has 0 saturated heterocycles. The summed E-state index contributed by atoms with van der Waals surface area (Å²) in [6, 6.07) is 13.4. The first-order chi connectivity index (χ1) is 14.6. The number of halogens is 1. The number of aliphatic carboxylic acids is 1. The van der Waals surface area contributed by atoms with E-state index in [0.717, 1.165) is 16.5 Å². The number of carboxylic acid groups (broad SMARTS) is 1. The van der Waals surface area contributed by atoms with Crippen molar-refractivity contribution in [2.45, 2.75) is 32.3 Å².